The predicted octanol–water partition coefficient (Wildman–Crippen LogP) is 10.8. The van der Waals surface area contributed by atoms with Gasteiger partial charge in [-0.2, -0.15) is 0 Å². The fourth-order valence-electron chi connectivity index (χ4n) is 12.7. The zero-order valence-electron chi connectivity index (χ0n) is 60.7. The number of aliphatic hydroxyl groups is 10. The number of allylic oxidation sites excluding steroid dienone is 4. The molecule has 1 saturated carbocycles. The molecule has 0 radical (unpaired) electrons. The van der Waals surface area contributed by atoms with E-state index in [0.29, 0.717) is 31.6 Å². The van der Waals surface area contributed by atoms with Gasteiger partial charge in [-0.25, -0.2) is 4.57 Å². The van der Waals surface area contributed by atoms with Gasteiger partial charge < -0.3 is 89.1 Å². The van der Waals surface area contributed by atoms with Gasteiger partial charge in [-0.15, -0.1) is 0 Å². The third-order valence-electron chi connectivity index (χ3n) is 19.1. The molecule has 1 aliphatic carbocycles. The van der Waals surface area contributed by atoms with Crippen LogP contribution in [0.15, 0.2) is 24.3 Å². The number of esters is 3. The van der Waals surface area contributed by atoms with Gasteiger partial charge >= 0.3 is 25.7 Å². The molecule has 2 aliphatic heterocycles. The van der Waals surface area contributed by atoms with E-state index >= 15 is 0 Å². The Balaban J connectivity index is 1.74. The summed E-state index contributed by atoms with van der Waals surface area (Å²) in [4.78, 5) is 51.0. The quantitative estimate of drug-likeness (QED) is 0.00886. The van der Waals surface area contributed by atoms with Crippen LogP contribution in [0.2, 0.25) is 0 Å². The first-order chi connectivity index (χ1) is 47.7. The third kappa shape index (κ3) is 38.3. The highest BCUT2D eigenvalue weighted by molar-refractivity contribution is 7.47. The highest BCUT2D eigenvalue weighted by Crippen LogP contribution is 2.49. The number of phosphoric acid groups is 1. The van der Waals surface area contributed by atoms with Crippen LogP contribution in [0.4, 0.5) is 0 Å². The first-order valence-electron chi connectivity index (χ1n) is 38.5. The average Bonchev–Trinajstić information content (AvgIpc) is 0.764. The fraction of sp³-hybridized carbons (Fsp3) is 0.905. The van der Waals surface area contributed by atoms with Crippen LogP contribution in [0, 0.1) is 5.92 Å². The molecular formula is C74H135O24P. The summed E-state index contributed by atoms with van der Waals surface area (Å²) in [7, 11) is -5.70. The second kappa shape index (κ2) is 55.0. The Kier molecular flexibility index (Phi) is 50.3. The molecular weight excluding hydrogens is 1300 g/mol. The number of rotatable bonds is 59. The normalized spacial score (nSPS) is 27.9. The molecule has 19 unspecified atom stereocenters. The molecule has 2 saturated heterocycles. The van der Waals surface area contributed by atoms with E-state index in [1.54, 1.807) is 0 Å². The summed E-state index contributed by atoms with van der Waals surface area (Å²) in [6.45, 7) is 5.73. The first kappa shape index (κ1) is 90.7. The molecule has 0 aromatic heterocycles. The number of carbonyl (C=O) groups is 3. The lowest BCUT2D eigenvalue weighted by atomic mass is 9.84. The van der Waals surface area contributed by atoms with Crippen molar-refractivity contribution in [1.29, 1.82) is 0 Å². The van der Waals surface area contributed by atoms with Crippen molar-refractivity contribution in [3.63, 3.8) is 0 Å². The van der Waals surface area contributed by atoms with Gasteiger partial charge in [0.1, 0.15) is 98.7 Å². The lowest BCUT2D eigenvalue weighted by Gasteiger charge is -2.49. The Bertz CT molecular complexity index is 2160. The molecule has 25 heteroatoms. The maximum absolute atomic E-state index is 14.3. The third-order valence-corrected chi connectivity index (χ3v) is 20.1. The van der Waals surface area contributed by atoms with Gasteiger partial charge in [0.2, 0.25) is 0 Å². The van der Waals surface area contributed by atoms with Gasteiger partial charge in [0.15, 0.2) is 18.7 Å². The van der Waals surface area contributed by atoms with Crippen molar-refractivity contribution in [1.82, 2.24) is 0 Å². The molecule has 3 rings (SSSR count). The highest BCUT2D eigenvalue weighted by atomic mass is 31.2. The molecule has 0 amide bonds. The summed E-state index contributed by atoms with van der Waals surface area (Å²) in [6.07, 6.45) is 13.9. The minimum Gasteiger partial charge on any atom is -0.463 e. The molecule has 580 valence electrons. The molecule has 2 heterocycles. The van der Waals surface area contributed by atoms with E-state index in [1.165, 1.54) is 128 Å². The molecule has 0 aromatic carbocycles. The van der Waals surface area contributed by atoms with Gasteiger partial charge in [0.25, 0.3) is 0 Å². The Morgan fingerprint density at radius 2 is 0.768 bits per heavy atom. The molecule has 11 N–H and O–H groups in total. The van der Waals surface area contributed by atoms with Crippen LogP contribution in [0.1, 0.15) is 291 Å². The maximum atomic E-state index is 14.3. The summed E-state index contributed by atoms with van der Waals surface area (Å²) in [5, 5.41) is 110. The van der Waals surface area contributed by atoms with Crippen LogP contribution < -0.4 is 0 Å². The summed E-state index contributed by atoms with van der Waals surface area (Å²) in [5.41, 5.74) is 0. The predicted molar refractivity (Wildman–Crippen MR) is 374 cm³/mol. The molecule has 19 atom stereocenters. The number of phosphoric ester groups is 1. The molecule has 24 nitrogen and oxygen atoms in total. The zero-order chi connectivity index (χ0) is 72.6. The molecule has 3 aliphatic rings. The van der Waals surface area contributed by atoms with E-state index < -0.39 is 156 Å². The highest BCUT2D eigenvalue weighted by Gasteiger charge is 2.58. The second-order valence-electron chi connectivity index (χ2n) is 28.0. The van der Waals surface area contributed by atoms with Crippen LogP contribution in [-0.4, -0.2) is 204 Å². The Labute approximate surface area is 592 Å². The number of carbonyl (C=O) groups excluding carboxylic acids is 3. The summed E-state index contributed by atoms with van der Waals surface area (Å²) in [6, 6.07) is 0. The zero-order valence-corrected chi connectivity index (χ0v) is 61.6. The van der Waals surface area contributed by atoms with Crippen molar-refractivity contribution in [3.05, 3.63) is 24.3 Å². The van der Waals surface area contributed by atoms with Crippen molar-refractivity contribution < 1.29 is 117 Å². The second-order valence-corrected chi connectivity index (χ2v) is 29.4. The number of ether oxygens (including phenoxy) is 7. The first-order valence-corrected chi connectivity index (χ1v) is 40.0. The molecule has 3 fully saturated rings. The number of unbranched alkanes of at least 4 members (excludes halogenated alkanes) is 30. The van der Waals surface area contributed by atoms with Crippen molar-refractivity contribution in [2.24, 2.45) is 5.92 Å². The van der Waals surface area contributed by atoms with Gasteiger partial charge in [0, 0.05) is 19.3 Å². The molecule has 0 aromatic rings. The monoisotopic (exact) mass is 1440 g/mol. The van der Waals surface area contributed by atoms with Gasteiger partial charge in [-0.1, -0.05) is 225 Å². The van der Waals surface area contributed by atoms with E-state index in [-0.39, 0.29) is 19.3 Å². The van der Waals surface area contributed by atoms with E-state index in [0.717, 1.165) is 89.9 Å². The minimum atomic E-state index is -5.70. The topological polar surface area (TPSA) is 374 Å². The van der Waals surface area contributed by atoms with Crippen molar-refractivity contribution in [3.8, 4) is 0 Å². The van der Waals surface area contributed by atoms with Gasteiger partial charge in [-0.3, -0.25) is 23.4 Å². The van der Waals surface area contributed by atoms with Crippen LogP contribution >= 0.6 is 7.82 Å². The van der Waals surface area contributed by atoms with Crippen molar-refractivity contribution >= 4 is 25.7 Å². The van der Waals surface area contributed by atoms with Crippen LogP contribution in [0.25, 0.3) is 0 Å². The van der Waals surface area contributed by atoms with Crippen LogP contribution in [0.5, 0.6) is 0 Å². The Morgan fingerprint density at radius 1 is 0.414 bits per heavy atom. The van der Waals surface area contributed by atoms with Crippen LogP contribution in [-0.2, 0) is 61.2 Å². The lowest BCUT2D eigenvalue weighted by molar-refractivity contribution is -0.360. The van der Waals surface area contributed by atoms with Gasteiger partial charge in [-0.05, 0) is 76.5 Å². The average molecular weight is 1440 g/mol. The standard InChI is InChI=1S/C74H135O24P/c1-5-8-11-14-17-19-21-23-25-27-29-31-37-42-47-58(76)90-51-55(93-60(78)49-44-39-32-30-28-26-24-22-20-18-15-12-9-6-2)52-92-99(88,89)98-72-70(96-73-68(86)63(81)61(79)56(50-75)94-73)66(84)65(83)67(85)71(72)97-74-69(87)64(82)62(80)57(95-74)53-91-59(77)48-43-38-34-33-36-41-46-54(4)45-40-35-16-13-10-7-3/h25-28,54-57,61-75,79-87H,5-24,29-53H2,1-4H3,(H,88,89)/b27-25-,28-26-. The molecule has 0 bridgehead atoms. The fourth-order valence-corrected chi connectivity index (χ4v) is 13.7. The smallest absolute Gasteiger partial charge is 0.463 e. The van der Waals surface area contributed by atoms with Crippen molar-refractivity contribution in [2.75, 3.05) is 26.4 Å². The summed E-state index contributed by atoms with van der Waals surface area (Å²) >= 11 is 0. The largest absolute Gasteiger partial charge is 0.472 e. The van der Waals surface area contributed by atoms with E-state index in [2.05, 4.69) is 52.0 Å². The maximum Gasteiger partial charge on any atom is 0.472 e. The van der Waals surface area contributed by atoms with Crippen molar-refractivity contribution in [2.45, 2.75) is 395 Å². The summed E-state index contributed by atoms with van der Waals surface area (Å²) in [5.74, 6) is -1.33. The van der Waals surface area contributed by atoms with Gasteiger partial charge in [0.05, 0.1) is 13.2 Å². The number of hydrogen-bond acceptors (Lipinski definition) is 23. The van der Waals surface area contributed by atoms with E-state index in [4.69, 9.17) is 42.2 Å². The minimum absolute atomic E-state index is 0.0221. The lowest BCUT2D eigenvalue weighted by Crippen LogP contribution is -2.69. The Hall–Kier alpha value is -2.56. The van der Waals surface area contributed by atoms with Crippen LogP contribution in [0.3, 0.4) is 0 Å². The molecule has 99 heavy (non-hydrogen) atoms. The van der Waals surface area contributed by atoms with E-state index in [9.17, 15) is 74.9 Å². The number of aliphatic hydroxyl groups excluding tert-OH is 10. The Morgan fingerprint density at radius 3 is 1.20 bits per heavy atom. The SMILES string of the molecule is CCCCCCCCC/C=C\CCCCCC(=O)OCC(COP(=O)(O)OC1C(OC2OC(CO)C(O)C(O)C2O)C(O)C(O)C(O)C1OC1OC(COC(=O)CCCCCCCCC(C)CCCCCCCC)C(O)C(O)C1O)OC(=O)CCCCC/C=C\CCCCCCCCC. The summed E-state index contributed by atoms with van der Waals surface area (Å²) < 4.78 is 65.0. The van der Waals surface area contributed by atoms with E-state index in [1.807, 2.05) is 0 Å². The molecule has 0 spiro atoms. The number of hydrogen-bond donors (Lipinski definition) is 11.